The van der Waals surface area contributed by atoms with E-state index in [0.29, 0.717) is 11.1 Å². The van der Waals surface area contributed by atoms with Crippen LogP contribution in [0.4, 0.5) is 10.2 Å². The molecule has 2 aromatic carbocycles. The van der Waals surface area contributed by atoms with E-state index in [1.807, 2.05) is 12.1 Å². The predicted molar refractivity (Wildman–Crippen MR) is 105 cm³/mol. The summed E-state index contributed by atoms with van der Waals surface area (Å²) in [4.78, 5) is 16.5. The van der Waals surface area contributed by atoms with E-state index < -0.39 is 5.82 Å². The molecule has 136 valence electrons. The third kappa shape index (κ3) is 3.85. The summed E-state index contributed by atoms with van der Waals surface area (Å²) in [5.41, 5.74) is 7.51. The van der Waals surface area contributed by atoms with Gasteiger partial charge >= 0.3 is 0 Å². The van der Waals surface area contributed by atoms with Gasteiger partial charge in [-0.15, -0.1) is 0 Å². The molecule has 0 amide bonds. The van der Waals surface area contributed by atoms with E-state index in [0.717, 1.165) is 17.8 Å². The molecule has 1 heterocycles. The van der Waals surface area contributed by atoms with E-state index in [-0.39, 0.29) is 39.1 Å². The molecule has 28 heavy (non-hydrogen) atoms. The van der Waals surface area contributed by atoms with Gasteiger partial charge in [0.2, 0.25) is 0 Å². The Morgan fingerprint density at radius 3 is 2.43 bits per heavy atom. The third-order valence-corrected chi connectivity index (χ3v) is 4.94. The van der Waals surface area contributed by atoms with Crippen LogP contribution in [0, 0.1) is 28.5 Å². The van der Waals surface area contributed by atoms with Crippen LogP contribution in [0.1, 0.15) is 21.5 Å². The monoisotopic (exact) mass is 388 g/mol. The van der Waals surface area contributed by atoms with Crippen LogP contribution < -0.4 is 5.73 Å². The first kappa shape index (κ1) is 19.1. The van der Waals surface area contributed by atoms with Crippen molar-refractivity contribution in [2.45, 2.75) is 5.03 Å². The van der Waals surface area contributed by atoms with Gasteiger partial charge in [0.25, 0.3) is 0 Å². The summed E-state index contributed by atoms with van der Waals surface area (Å²) in [6.45, 7) is 0. The van der Waals surface area contributed by atoms with Crippen LogP contribution >= 0.6 is 11.8 Å². The van der Waals surface area contributed by atoms with Gasteiger partial charge in [-0.2, -0.15) is 10.5 Å². The van der Waals surface area contributed by atoms with Crippen LogP contribution in [0.3, 0.4) is 0 Å². The number of carbonyl (C=O) groups is 1. The second kappa shape index (κ2) is 8.34. The lowest BCUT2D eigenvalue weighted by atomic mass is 9.97. The van der Waals surface area contributed by atoms with Crippen LogP contribution in [0.2, 0.25) is 0 Å². The molecule has 0 radical (unpaired) electrons. The first-order valence-corrected chi connectivity index (χ1v) is 9.14. The van der Waals surface area contributed by atoms with E-state index in [4.69, 9.17) is 5.73 Å². The van der Waals surface area contributed by atoms with E-state index in [1.54, 1.807) is 24.3 Å². The number of nitriles is 2. The van der Waals surface area contributed by atoms with E-state index >= 15 is 0 Å². The molecule has 5 nitrogen and oxygen atoms in total. The number of halogens is 1. The molecule has 0 saturated heterocycles. The molecule has 0 atom stereocenters. The lowest BCUT2D eigenvalue weighted by Gasteiger charge is -2.12. The molecular formula is C21H13FN4OS. The number of anilines is 1. The number of nitrogens with zero attached hydrogens (tertiary/aromatic N) is 3. The molecular weight excluding hydrogens is 375 g/mol. The minimum Gasteiger partial charge on any atom is -0.383 e. The molecule has 3 aromatic rings. The molecule has 0 aliphatic carbocycles. The molecule has 0 bridgehead atoms. The molecule has 0 fully saturated rings. The molecule has 7 heteroatoms. The fourth-order valence-corrected chi connectivity index (χ4v) is 3.56. The van der Waals surface area contributed by atoms with Gasteiger partial charge in [-0.3, -0.25) is 4.79 Å². The lowest BCUT2D eigenvalue weighted by Crippen LogP contribution is -2.06. The van der Waals surface area contributed by atoms with Crippen molar-refractivity contribution in [1.82, 2.24) is 4.98 Å². The van der Waals surface area contributed by atoms with Crippen molar-refractivity contribution >= 4 is 23.4 Å². The molecule has 3 rings (SSSR count). The Morgan fingerprint density at radius 2 is 1.79 bits per heavy atom. The van der Waals surface area contributed by atoms with Gasteiger partial charge in [-0.25, -0.2) is 9.37 Å². The second-order valence-corrected chi connectivity index (χ2v) is 6.70. The number of aromatic nitrogens is 1. The minimum absolute atomic E-state index is 0.0129. The Kier molecular flexibility index (Phi) is 5.69. The Morgan fingerprint density at radius 1 is 1.07 bits per heavy atom. The topological polar surface area (TPSA) is 104 Å². The number of hydrogen-bond donors (Lipinski definition) is 1. The van der Waals surface area contributed by atoms with Crippen molar-refractivity contribution in [3.63, 3.8) is 0 Å². The van der Waals surface area contributed by atoms with Crippen molar-refractivity contribution in [3.8, 4) is 23.3 Å². The Bertz CT molecular complexity index is 1130. The normalized spacial score (nSPS) is 10.1. The van der Waals surface area contributed by atoms with E-state index in [2.05, 4.69) is 11.1 Å². The average Bonchev–Trinajstić information content (AvgIpc) is 2.72. The summed E-state index contributed by atoms with van der Waals surface area (Å²) in [5.74, 6) is -0.869. The number of Topliss-reactive ketones (excluding diaryl/α,β-unsaturated/α-hetero) is 1. The molecule has 2 N–H and O–H groups in total. The van der Waals surface area contributed by atoms with Gasteiger partial charge in [0.1, 0.15) is 34.4 Å². The number of rotatable bonds is 5. The zero-order valence-corrected chi connectivity index (χ0v) is 15.3. The Hall–Kier alpha value is -3.68. The summed E-state index contributed by atoms with van der Waals surface area (Å²) in [6, 6.07) is 18.4. The van der Waals surface area contributed by atoms with Gasteiger partial charge in [-0.1, -0.05) is 54.2 Å². The number of thioether (sulfide) groups is 1. The largest absolute Gasteiger partial charge is 0.383 e. The van der Waals surface area contributed by atoms with Gasteiger partial charge in [0.15, 0.2) is 5.78 Å². The zero-order valence-electron chi connectivity index (χ0n) is 14.5. The summed E-state index contributed by atoms with van der Waals surface area (Å²) >= 11 is 1.03. The van der Waals surface area contributed by atoms with Crippen molar-refractivity contribution in [1.29, 1.82) is 10.5 Å². The number of nitrogens with two attached hydrogens (primary N) is 1. The highest BCUT2D eigenvalue weighted by Crippen LogP contribution is 2.35. The van der Waals surface area contributed by atoms with Crippen molar-refractivity contribution < 1.29 is 9.18 Å². The standard InChI is InChI=1S/C21H13FN4OS/c22-15-8-4-7-14(9-15)18(27)12-28-21-17(11-24)19(13-5-2-1-3-6-13)16(10-23)20(25)26-21/h1-9H,12H2,(H2,25,26). The van der Waals surface area contributed by atoms with Crippen molar-refractivity contribution in [2.75, 3.05) is 11.5 Å². The molecule has 1 aromatic heterocycles. The average molecular weight is 388 g/mol. The number of nitrogen functional groups attached to an aromatic ring is 1. The van der Waals surface area contributed by atoms with E-state index in [1.165, 1.54) is 18.2 Å². The molecule has 0 saturated carbocycles. The molecule has 0 aliphatic heterocycles. The van der Waals surface area contributed by atoms with Gasteiger partial charge in [0.05, 0.1) is 11.3 Å². The van der Waals surface area contributed by atoms with Crippen LogP contribution in [0.15, 0.2) is 59.6 Å². The van der Waals surface area contributed by atoms with Gasteiger partial charge < -0.3 is 5.73 Å². The third-order valence-electron chi connectivity index (χ3n) is 3.96. The van der Waals surface area contributed by atoms with Gasteiger partial charge in [-0.05, 0) is 17.7 Å². The quantitative estimate of drug-likeness (QED) is 0.519. The highest BCUT2D eigenvalue weighted by atomic mass is 32.2. The maximum absolute atomic E-state index is 13.3. The van der Waals surface area contributed by atoms with Crippen LogP contribution in [-0.4, -0.2) is 16.5 Å². The zero-order chi connectivity index (χ0) is 20.1. The number of hydrogen-bond acceptors (Lipinski definition) is 6. The maximum atomic E-state index is 13.3. The lowest BCUT2D eigenvalue weighted by molar-refractivity contribution is 0.102. The Labute approximate surface area is 165 Å². The van der Waals surface area contributed by atoms with Crippen molar-refractivity contribution in [2.24, 2.45) is 0 Å². The number of benzene rings is 2. The summed E-state index contributed by atoms with van der Waals surface area (Å²) in [6.07, 6.45) is 0. The first-order valence-electron chi connectivity index (χ1n) is 8.15. The molecule has 0 unspecified atom stereocenters. The smallest absolute Gasteiger partial charge is 0.173 e. The summed E-state index contributed by atoms with van der Waals surface area (Å²) in [7, 11) is 0. The predicted octanol–water partition coefficient (Wildman–Crippen LogP) is 4.19. The number of carbonyl (C=O) groups excluding carboxylic acids is 1. The molecule has 0 aliphatic rings. The highest BCUT2D eigenvalue weighted by molar-refractivity contribution is 8.00. The maximum Gasteiger partial charge on any atom is 0.173 e. The van der Waals surface area contributed by atoms with Gasteiger partial charge in [0, 0.05) is 11.1 Å². The van der Waals surface area contributed by atoms with Crippen LogP contribution in [0.5, 0.6) is 0 Å². The van der Waals surface area contributed by atoms with Crippen LogP contribution in [0.25, 0.3) is 11.1 Å². The fourth-order valence-electron chi connectivity index (χ4n) is 2.68. The Balaban J connectivity index is 2.00. The van der Waals surface area contributed by atoms with Crippen molar-refractivity contribution in [3.05, 3.63) is 77.1 Å². The van der Waals surface area contributed by atoms with E-state index in [9.17, 15) is 19.7 Å². The first-order chi connectivity index (χ1) is 13.5. The van der Waals surface area contributed by atoms with Crippen LogP contribution in [-0.2, 0) is 0 Å². The number of pyridine rings is 1. The summed E-state index contributed by atoms with van der Waals surface area (Å²) < 4.78 is 13.3. The number of ketones is 1. The minimum atomic E-state index is -0.499. The molecule has 0 spiro atoms. The summed E-state index contributed by atoms with van der Waals surface area (Å²) in [5, 5.41) is 19.4. The SMILES string of the molecule is N#Cc1c(N)nc(SCC(=O)c2cccc(F)c2)c(C#N)c1-c1ccccc1. The fraction of sp³-hybridized carbons (Fsp3) is 0.0476. The highest BCUT2D eigenvalue weighted by Gasteiger charge is 2.21. The second-order valence-electron chi connectivity index (χ2n) is 5.74.